The van der Waals surface area contributed by atoms with Crippen LogP contribution in [0.3, 0.4) is 0 Å². The molecule has 1 N–H and O–H groups in total. The molecule has 1 aliphatic carbocycles. The number of carbonyl (C=O) groups excluding carboxylic acids is 1. The number of hydrogen-bond donors (Lipinski definition) is 1. The number of ether oxygens (including phenoxy) is 1. The maximum Gasteiger partial charge on any atom is 0.410 e. The summed E-state index contributed by atoms with van der Waals surface area (Å²) in [6.45, 7) is 19.0. The van der Waals surface area contributed by atoms with Gasteiger partial charge in [0, 0.05) is 25.2 Å². The molecule has 0 aliphatic heterocycles. The molecule has 1 aliphatic rings. The second-order valence-corrected chi connectivity index (χ2v) is 9.00. The van der Waals surface area contributed by atoms with E-state index in [-0.39, 0.29) is 11.6 Å². The molecule has 0 aromatic rings. The van der Waals surface area contributed by atoms with E-state index in [1.165, 1.54) is 12.8 Å². The Bertz CT molecular complexity index is 374. The summed E-state index contributed by atoms with van der Waals surface area (Å²) < 4.78 is 5.53. The van der Waals surface area contributed by atoms with Crippen LogP contribution in [0.5, 0.6) is 0 Å². The van der Waals surface area contributed by atoms with Gasteiger partial charge in [-0.1, -0.05) is 13.8 Å². The molecule has 0 atom stereocenters. The van der Waals surface area contributed by atoms with Gasteiger partial charge in [-0.25, -0.2) is 4.79 Å². The predicted molar refractivity (Wildman–Crippen MR) is 92.1 cm³/mol. The lowest BCUT2D eigenvalue weighted by molar-refractivity contribution is 0.00655. The maximum absolute atomic E-state index is 12.4. The van der Waals surface area contributed by atoms with Crippen molar-refractivity contribution in [2.24, 2.45) is 11.3 Å². The summed E-state index contributed by atoms with van der Waals surface area (Å²) in [5, 5.41) is 3.54. The fourth-order valence-corrected chi connectivity index (χ4v) is 2.66. The van der Waals surface area contributed by atoms with Gasteiger partial charge in [-0.3, -0.25) is 0 Å². The molecule has 0 unspecified atom stereocenters. The lowest BCUT2D eigenvalue weighted by atomic mass is 9.92. The third-order valence-corrected chi connectivity index (χ3v) is 4.53. The van der Waals surface area contributed by atoms with Gasteiger partial charge in [0.2, 0.25) is 0 Å². The lowest BCUT2D eigenvalue weighted by Crippen LogP contribution is -2.50. The van der Waals surface area contributed by atoms with Gasteiger partial charge in [0.15, 0.2) is 0 Å². The van der Waals surface area contributed by atoms with Crippen LogP contribution in [0.15, 0.2) is 0 Å². The molecule has 1 amide bonds. The van der Waals surface area contributed by atoms with Gasteiger partial charge in [0.05, 0.1) is 0 Å². The molecule has 1 rings (SSSR count). The van der Waals surface area contributed by atoms with Crippen molar-refractivity contribution < 1.29 is 9.53 Å². The molecular weight excluding hydrogens is 276 g/mol. The molecule has 0 spiro atoms. The van der Waals surface area contributed by atoms with Crippen molar-refractivity contribution in [1.82, 2.24) is 10.2 Å². The van der Waals surface area contributed by atoms with Crippen molar-refractivity contribution in [2.75, 3.05) is 19.6 Å². The van der Waals surface area contributed by atoms with Gasteiger partial charge in [-0.15, -0.1) is 0 Å². The Kier molecular flexibility index (Phi) is 5.94. The number of amides is 1. The molecule has 0 aromatic carbocycles. The molecule has 4 heteroatoms. The Labute approximate surface area is 137 Å². The average molecular weight is 312 g/mol. The number of nitrogens with one attached hydrogen (secondary N) is 1. The minimum Gasteiger partial charge on any atom is -0.444 e. The summed E-state index contributed by atoms with van der Waals surface area (Å²) in [6, 6.07) is 0. The van der Waals surface area contributed by atoms with Gasteiger partial charge in [-0.2, -0.15) is 0 Å². The van der Waals surface area contributed by atoms with E-state index in [9.17, 15) is 4.79 Å². The van der Waals surface area contributed by atoms with Crippen LogP contribution in [-0.4, -0.2) is 41.8 Å². The molecule has 1 saturated carbocycles. The first-order valence-electron chi connectivity index (χ1n) is 8.59. The first kappa shape index (κ1) is 19.3. The van der Waals surface area contributed by atoms with Crippen LogP contribution in [-0.2, 0) is 4.74 Å². The highest BCUT2D eigenvalue weighted by Crippen LogP contribution is 2.51. The largest absolute Gasteiger partial charge is 0.444 e. The van der Waals surface area contributed by atoms with E-state index in [0.29, 0.717) is 12.0 Å². The number of hydrogen-bond acceptors (Lipinski definition) is 3. The van der Waals surface area contributed by atoms with E-state index in [1.54, 1.807) is 0 Å². The Balaban J connectivity index is 2.48. The normalized spacial score (nSPS) is 17.5. The summed E-state index contributed by atoms with van der Waals surface area (Å²) in [5.41, 5.74) is -0.193. The molecule has 0 saturated heterocycles. The second-order valence-electron chi connectivity index (χ2n) is 9.00. The predicted octanol–water partition coefficient (Wildman–Crippen LogP) is 4.05. The highest BCUT2D eigenvalue weighted by molar-refractivity contribution is 5.69. The molecule has 0 radical (unpaired) electrons. The van der Waals surface area contributed by atoms with Gasteiger partial charge in [-0.05, 0) is 65.7 Å². The molecule has 0 aromatic heterocycles. The minimum absolute atomic E-state index is 0.230. The zero-order valence-corrected chi connectivity index (χ0v) is 15.9. The number of carbonyl (C=O) groups is 1. The molecular formula is C18H36N2O2. The van der Waals surface area contributed by atoms with E-state index in [1.807, 2.05) is 46.4 Å². The highest BCUT2D eigenvalue weighted by atomic mass is 16.6. The maximum atomic E-state index is 12.4. The van der Waals surface area contributed by atoms with Gasteiger partial charge in [0.25, 0.3) is 0 Å². The van der Waals surface area contributed by atoms with E-state index >= 15 is 0 Å². The van der Waals surface area contributed by atoms with E-state index < -0.39 is 5.60 Å². The van der Waals surface area contributed by atoms with Crippen LogP contribution >= 0.6 is 0 Å². The first-order valence-corrected chi connectivity index (χ1v) is 8.59. The van der Waals surface area contributed by atoms with E-state index in [2.05, 4.69) is 19.2 Å². The molecule has 4 nitrogen and oxygen atoms in total. The van der Waals surface area contributed by atoms with Gasteiger partial charge in [0.1, 0.15) is 5.60 Å². The fourth-order valence-electron chi connectivity index (χ4n) is 2.66. The molecule has 0 heterocycles. The zero-order chi connectivity index (χ0) is 17.2. The molecule has 130 valence electrons. The smallest absolute Gasteiger partial charge is 0.410 e. The van der Waals surface area contributed by atoms with Crippen LogP contribution in [0, 0.1) is 11.3 Å². The van der Waals surface area contributed by atoms with Crippen molar-refractivity contribution in [1.29, 1.82) is 0 Å². The Hall–Kier alpha value is -0.770. The number of rotatable bonds is 6. The topological polar surface area (TPSA) is 41.6 Å². The summed E-state index contributed by atoms with van der Waals surface area (Å²) in [7, 11) is 0. The van der Waals surface area contributed by atoms with Crippen LogP contribution < -0.4 is 5.32 Å². The molecule has 0 bridgehead atoms. The standard InChI is InChI=1S/C18H36N2O2/c1-14(2)18(9-10-18)13-19-11-12-20(16(3,4)5)15(21)22-17(6,7)8/h14,19H,9-13H2,1-8H3. The Morgan fingerprint density at radius 3 is 2.09 bits per heavy atom. The van der Waals surface area contributed by atoms with Crippen LogP contribution in [0.2, 0.25) is 0 Å². The minimum atomic E-state index is -0.455. The monoisotopic (exact) mass is 312 g/mol. The van der Waals surface area contributed by atoms with Crippen molar-refractivity contribution in [3.63, 3.8) is 0 Å². The van der Waals surface area contributed by atoms with Crippen LogP contribution in [0.1, 0.15) is 68.2 Å². The summed E-state index contributed by atoms with van der Waals surface area (Å²) in [4.78, 5) is 14.2. The van der Waals surface area contributed by atoms with Crippen molar-refractivity contribution in [2.45, 2.75) is 79.4 Å². The van der Waals surface area contributed by atoms with Crippen LogP contribution in [0.25, 0.3) is 0 Å². The third-order valence-electron chi connectivity index (χ3n) is 4.53. The molecule has 22 heavy (non-hydrogen) atoms. The van der Waals surface area contributed by atoms with Crippen molar-refractivity contribution >= 4 is 6.09 Å². The second kappa shape index (κ2) is 6.77. The van der Waals surface area contributed by atoms with E-state index in [0.717, 1.165) is 19.0 Å². The quantitative estimate of drug-likeness (QED) is 0.752. The van der Waals surface area contributed by atoms with Crippen molar-refractivity contribution in [3.05, 3.63) is 0 Å². The van der Waals surface area contributed by atoms with Gasteiger partial charge >= 0.3 is 6.09 Å². The summed E-state index contributed by atoms with van der Waals surface area (Å²) >= 11 is 0. The molecule has 1 fully saturated rings. The summed E-state index contributed by atoms with van der Waals surface area (Å²) in [5.74, 6) is 0.726. The van der Waals surface area contributed by atoms with E-state index in [4.69, 9.17) is 4.74 Å². The summed E-state index contributed by atoms with van der Waals surface area (Å²) in [6.07, 6.45) is 2.42. The number of nitrogens with zero attached hydrogens (tertiary/aromatic N) is 1. The Morgan fingerprint density at radius 1 is 1.18 bits per heavy atom. The van der Waals surface area contributed by atoms with Gasteiger partial charge < -0.3 is 15.0 Å². The zero-order valence-electron chi connectivity index (χ0n) is 15.9. The van der Waals surface area contributed by atoms with Crippen molar-refractivity contribution in [3.8, 4) is 0 Å². The highest BCUT2D eigenvalue weighted by Gasteiger charge is 2.44. The fraction of sp³-hybridized carbons (Fsp3) is 0.944. The average Bonchev–Trinajstić information content (AvgIpc) is 3.05. The van der Waals surface area contributed by atoms with Crippen LogP contribution in [0.4, 0.5) is 4.79 Å². The lowest BCUT2D eigenvalue weighted by Gasteiger charge is -2.37. The third kappa shape index (κ3) is 5.79. The Morgan fingerprint density at radius 2 is 1.73 bits per heavy atom. The SMILES string of the molecule is CC(C)C1(CNCCN(C(=O)OC(C)(C)C)C(C)(C)C)CC1. The first-order chi connectivity index (χ1) is 9.87.